The van der Waals surface area contributed by atoms with Crippen molar-refractivity contribution in [3.05, 3.63) is 59.4 Å². The first-order valence-electron chi connectivity index (χ1n) is 12.6. The van der Waals surface area contributed by atoms with Crippen molar-refractivity contribution in [2.45, 2.75) is 44.6 Å². The third kappa shape index (κ3) is 6.59. The molecule has 4 rings (SSSR count). The number of aliphatic hydroxyl groups is 1. The molecule has 1 amide bonds. The minimum Gasteiger partial charge on any atom is -0.393 e. The van der Waals surface area contributed by atoms with Crippen LogP contribution >= 0.6 is 0 Å². The molecule has 9 heteroatoms. The summed E-state index contributed by atoms with van der Waals surface area (Å²) < 4.78 is 1.90. The summed E-state index contributed by atoms with van der Waals surface area (Å²) in [5, 5.41) is 30.4. The van der Waals surface area contributed by atoms with Crippen LogP contribution in [0.5, 0.6) is 0 Å². The Morgan fingerprint density at radius 1 is 1.16 bits per heavy atom. The average Bonchev–Trinajstić information content (AvgIpc) is 3.30. The molecular formula is C28H30N6O3. The van der Waals surface area contributed by atoms with E-state index in [1.165, 1.54) is 0 Å². The van der Waals surface area contributed by atoms with Gasteiger partial charge in [-0.3, -0.25) is 19.5 Å². The molecule has 9 nitrogen and oxygen atoms in total. The average molecular weight is 499 g/mol. The number of benzene rings is 1. The predicted molar refractivity (Wildman–Crippen MR) is 138 cm³/mol. The smallest absolute Gasteiger partial charge is 0.220 e. The highest BCUT2D eigenvalue weighted by atomic mass is 16.3. The largest absolute Gasteiger partial charge is 0.393 e. The number of hydrogen-bond acceptors (Lipinski definition) is 7. The Labute approximate surface area is 215 Å². The summed E-state index contributed by atoms with van der Waals surface area (Å²) in [6.07, 6.45) is 6.35. The number of carbonyl (C=O) groups excluding carboxylic acids is 2. The Morgan fingerprint density at radius 2 is 1.92 bits per heavy atom. The molecule has 190 valence electrons. The lowest BCUT2D eigenvalue weighted by atomic mass is 10.1. The Morgan fingerprint density at radius 3 is 2.62 bits per heavy atom. The van der Waals surface area contributed by atoms with E-state index < -0.39 is 0 Å². The van der Waals surface area contributed by atoms with Crippen molar-refractivity contribution in [2.75, 3.05) is 26.2 Å². The number of piperidine rings is 1. The standard InChI is InChI=1S/C28H30N6O3/c29-11-1-2-12-31-27(37)8-5-21-15-25-28(32-17-21)24(26(36)19-33-13-9-23(35)10-14-33)18-34(25)22-6-3-20(16-30)4-7-22/h3-4,6-7,15,17-18,23,35H,1-2,5,8-10,12-14,19H2,(H,31,37). The number of Topliss-reactive ketones (excluding diaryl/α,β-unsaturated/α-hetero) is 1. The van der Waals surface area contributed by atoms with E-state index in [0.717, 1.165) is 16.8 Å². The number of nitriles is 2. The topological polar surface area (TPSA) is 135 Å². The fraction of sp³-hybridized carbons (Fsp3) is 0.393. The number of pyridine rings is 1. The molecule has 1 fully saturated rings. The quantitative estimate of drug-likeness (QED) is 0.324. The van der Waals surface area contributed by atoms with Crippen LogP contribution in [0.3, 0.4) is 0 Å². The van der Waals surface area contributed by atoms with E-state index in [1.807, 2.05) is 22.8 Å². The monoisotopic (exact) mass is 498 g/mol. The van der Waals surface area contributed by atoms with Gasteiger partial charge < -0.3 is 15.0 Å². The van der Waals surface area contributed by atoms with E-state index in [-0.39, 0.29) is 24.3 Å². The summed E-state index contributed by atoms with van der Waals surface area (Å²) in [5.74, 6) is -0.117. The van der Waals surface area contributed by atoms with E-state index >= 15 is 0 Å². The number of carbonyl (C=O) groups is 2. The molecule has 0 atom stereocenters. The Bertz CT molecular complexity index is 1340. The second kappa shape index (κ2) is 12.3. The summed E-state index contributed by atoms with van der Waals surface area (Å²) in [5.41, 5.74) is 4.09. The van der Waals surface area contributed by atoms with Crippen LogP contribution in [-0.4, -0.2) is 63.5 Å². The Hall–Kier alpha value is -4.05. The van der Waals surface area contributed by atoms with Gasteiger partial charge in [0, 0.05) is 50.6 Å². The normalized spacial score (nSPS) is 14.2. The van der Waals surface area contributed by atoms with Crippen molar-refractivity contribution >= 4 is 22.7 Å². The number of hydrogen-bond donors (Lipinski definition) is 2. The number of fused-ring (bicyclic) bond motifs is 1. The Balaban J connectivity index is 1.58. The molecule has 2 aromatic heterocycles. The van der Waals surface area contributed by atoms with Gasteiger partial charge in [-0.15, -0.1) is 0 Å². The second-order valence-electron chi connectivity index (χ2n) is 9.32. The van der Waals surface area contributed by atoms with Gasteiger partial charge in [0.05, 0.1) is 46.9 Å². The van der Waals surface area contributed by atoms with Crippen molar-refractivity contribution in [1.82, 2.24) is 19.8 Å². The Kier molecular flexibility index (Phi) is 8.63. The highest BCUT2D eigenvalue weighted by molar-refractivity contribution is 6.08. The van der Waals surface area contributed by atoms with E-state index in [4.69, 9.17) is 10.5 Å². The summed E-state index contributed by atoms with van der Waals surface area (Å²) in [7, 11) is 0. The van der Waals surface area contributed by atoms with Crippen LogP contribution in [0.1, 0.15) is 53.6 Å². The summed E-state index contributed by atoms with van der Waals surface area (Å²) in [6.45, 7) is 2.09. The SMILES string of the molecule is N#CCCCNC(=O)CCc1cnc2c(C(=O)CN3CCC(O)CC3)cn(-c3ccc(C#N)cc3)c2c1. The van der Waals surface area contributed by atoms with Crippen LogP contribution in [0.25, 0.3) is 16.7 Å². The fourth-order valence-corrected chi connectivity index (χ4v) is 4.50. The van der Waals surface area contributed by atoms with Gasteiger partial charge >= 0.3 is 0 Å². The van der Waals surface area contributed by atoms with Crippen LogP contribution < -0.4 is 5.32 Å². The molecule has 0 bridgehead atoms. The van der Waals surface area contributed by atoms with Gasteiger partial charge in [0.25, 0.3) is 0 Å². The third-order valence-corrected chi connectivity index (χ3v) is 6.62. The zero-order valence-corrected chi connectivity index (χ0v) is 20.7. The van der Waals surface area contributed by atoms with E-state index in [0.29, 0.717) is 74.8 Å². The van der Waals surface area contributed by atoms with Crippen molar-refractivity contribution in [2.24, 2.45) is 0 Å². The van der Waals surface area contributed by atoms with Crippen LogP contribution in [0.2, 0.25) is 0 Å². The zero-order valence-electron chi connectivity index (χ0n) is 20.7. The number of nitrogens with zero attached hydrogens (tertiary/aromatic N) is 5. The molecule has 0 saturated carbocycles. The molecule has 1 aliphatic rings. The lowest BCUT2D eigenvalue weighted by molar-refractivity contribution is -0.121. The zero-order chi connectivity index (χ0) is 26.2. The number of aliphatic hydroxyl groups excluding tert-OH is 1. The van der Waals surface area contributed by atoms with Gasteiger partial charge in [0.2, 0.25) is 5.91 Å². The number of unbranched alkanes of at least 4 members (excludes halogenated alkanes) is 1. The molecule has 3 heterocycles. The van der Waals surface area contributed by atoms with Gasteiger partial charge in [-0.1, -0.05) is 0 Å². The molecule has 2 N–H and O–H groups in total. The molecule has 0 spiro atoms. The first-order valence-corrected chi connectivity index (χ1v) is 12.6. The molecule has 0 unspecified atom stereocenters. The van der Waals surface area contributed by atoms with E-state index in [1.54, 1.807) is 24.5 Å². The molecule has 3 aromatic rings. The van der Waals surface area contributed by atoms with Crippen LogP contribution in [0.4, 0.5) is 0 Å². The number of likely N-dealkylation sites (tertiary alicyclic amines) is 1. The van der Waals surface area contributed by atoms with E-state index in [9.17, 15) is 14.7 Å². The minimum absolute atomic E-state index is 0.0363. The van der Waals surface area contributed by atoms with Gasteiger partial charge in [0.15, 0.2) is 5.78 Å². The van der Waals surface area contributed by atoms with Gasteiger partial charge in [-0.2, -0.15) is 10.5 Å². The highest BCUT2D eigenvalue weighted by Crippen LogP contribution is 2.26. The number of nitrogens with one attached hydrogen (secondary N) is 1. The molecule has 0 aliphatic carbocycles. The lowest BCUT2D eigenvalue weighted by Crippen LogP contribution is -2.39. The highest BCUT2D eigenvalue weighted by Gasteiger charge is 2.23. The molecule has 1 saturated heterocycles. The molecule has 1 aromatic carbocycles. The lowest BCUT2D eigenvalue weighted by Gasteiger charge is -2.28. The van der Waals surface area contributed by atoms with Crippen molar-refractivity contribution in [3.63, 3.8) is 0 Å². The molecule has 37 heavy (non-hydrogen) atoms. The first kappa shape index (κ1) is 26.0. The molecule has 1 aliphatic heterocycles. The van der Waals surface area contributed by atoms with Crippen LogP contribution in [0, 0.1) is 22.7 Å². The maximum absolute atomic E-state index is 13.3. The maximum Gasteiger partial charge on any atom is 0.220 e. The van der Waals surface area contributed by atoms with Crippen molar-refractivity contribution in [1.29, 1.82) is 10.5 Å². The van der Waals surface area contributed by atoms with Crippen molar-refractivity contribution in [3.8, 4) is 17.8 Å². The molecular weight excluding hydrogens is 468 g/mol. The third-order valence-electron chi connectivity index (χ3n) is 6.62. The van der Waals surface area contributed by atoms with Crippen LogP contribution in [-0.2, 0) is 11.2 Å². The van der Waals surface area contributed by atoms with Crippen molar-refractivity contribution < 1.29 is 14.7 Å². The van der Waals surface area contributed by atoms with Gasteiger partial charge in [-0.05, 0) is 61.6 Å². The predicted octanol–water partition coefficient (Wildman–Crippen LogP) is 2.89. The number of aromatic nitrogens is 2. The van der Waals surface area contributed by atoms with Gasteiger partial charge in [0.1, 0.15) is 0 Å². The minimum atomic E-state index is -0.302. The number of rotatable bonds is 10. The first-order chi connectivity index (χ1) is 18.0. The summed E-state index contributed by atoms with van der Waals surface area (Å²) in [6, 6.07) is 13.3. The number of amides is 1. The van der Waals surface area contributed by atoms with Crippen LogP contribution in [0.15, 0.2) is 42.7 Å². The summed E-state index contributed by atoms with van der Waals surface area (Å²) >= 11 is 0. The number of ketones is 1. The fourth-order valence-electron chi connectivity index (χ4n) is 4.50. The second-order valence-corrected chi connectivity index (χ2v) is 9.32. The summed E-state index contributed by atoms with van der Waals surface area (Å²) in [4.78, 5) is 32.2. The van der Waals surface area contributed by atoms with E-state index in [2.05, 4.69) is 27.3 Å². The molecule has 0 radical (unpaired) electrons. The maximum atomic E-state index is 13.3. The number of aryl methyl sites for hydroxylation is 1. The van der Waals surface area contributed by atoms with Gasteiger partial charge in [-0.25, -0.2) is 0 Å².